The second-order valence-electron chi connectivity index (χ2n) is 4.69. The summed E-state index contributed by atoms with van der Waals surface area (Å²) >= 11 is 0. The van der Waals surface area contributed by atoms with Gasteiger partial charge in [0.15, 0.2) is 0 Å². The summed E-state index contributed by atoms with van der Waals surface area (Å²) in [6.07, 6.45) is 1.87. The predicted octanol–water partition coefficient (Wildman–Crippen LogP) is 0.932. The van der Waals surface area contributed by atoms with Crippen molar-refractivity contribution in [1.29, 1.82) is 0 Å². The van der Waals surface area contributed by atoms with Crippen molar-refractivity contribution in [3.8, 4) is 0 Å². The zero-order chi connectivity index (χ0) is 13.0. The Hall–Kier alpha value is -1.84. The lowest BCUT2D eigenvalue weighted by atomic mass is 10.1. The number of carbonyl (C=O) groups excluding carboxylic acids is 2. The van der Waals surface area contributed by atoms with Crippen molar-refractivity contribution in [2.24, 2.45) is 0 Å². The molecule has 2 rings (SSSR count). The first-order valence-corrected chi connectivity index (χ1v) is 6.28. The number of amides is 2. The van der Waals surface area contributed by atoms with Crippen LogP contribution in [-0.2, 0) is 16.0 Å². The molecule has 1 fully saturated rings. The van der Waals surface area contributed by atoms with E-state index in [0.717, 1.165) is 6.42 Å². The molecule has 4 nitrogen and oxygen atoms in total. The Morgan fingerprint density at radius 2 is 2.11 bits per heavy atom. The molecule has 1 unspecified atom stereocenters. The smallest absolute Gasteiger partial charge is 0.242 e. The van der Waals surface area contributed by atoms with Gasteiger partial charge in [0.2, 0.25) is 11.8 Å². The molecule has 1 aliphatic rings. The highest BCUT2D eigenvalue weighted by atomic mass is 16.2. The Balaban J connectivity index is 1.73. The molecule has 0 aromatic heterocycles. The fourth-order valence-electron chi connectivity index (χ4n) is 2.02. The molecule has 1 heterocycles. The zero-order valence-electron chi connectivity index (χ0n) is 10.5. The van der Waals surface area contributed by atoms with Crippen molar-refractivity contribution < 1.29 is 9.59 Å². The number of carbonyl (C=O) groups is 2. The summed E-state index contributed by atoms with van der Waals surface area (Å²) in [4.78, 5) is 22.7. The number of benzene rings is 1. The van der Waals surface area contributed by atoms with Gasteiger partial charge in [-0.2, -0.15) is 0 Å². The van der Waals surface area contributed by atoms with Crippen molar-refractivity contribution in [1.82, 2.24) is 10.6 Å². The fraction of sp³-hybridized carbons (Fsp3) is 0.429. The van der Waals surface area contributed by atoms with Gasteiger partial charge in [0, 0.05) is 13.0 Å². The molecule has 0 spiro atoms. The van der Waals surface area contributed by atoms with Gasteiger partial charge in [-0.05, 0) is 25.3 Å². The Morgan fingerprint density at radius 1 is 1.39 bits per heavy atom. The summed E-state index contributed by atoms with van der Waals surface area (Å²) in [7, 11) is 0. The highest BCUT2D eigenvalue weighted by Gasteiger charge is 2.26. The first-order valence-electron chi connectivity index (χ1n) is 6.28. The van der Waals surface area contributed by atoms with Crippen LogP contribution >= 0.6 is 0 Å². The Labute approximate surface area is 107 Å². The van der Waals surface area contributed by atoms with E-state index in [1.807, 2.05) is 6.92 Å². The Bertz CT molecular complexity index is 440. The molecular formula is C14H18N2O2. The number of nitrogens with one attached hydrogen (secondary N) is 2. The Kier molecular flexibility index (Phi) is 3.97. The molecule has 1 saturated heterocycles. The van der Waals surface area contributed by atoms with E-state index in [-0.39, 0.29) is 17.9 Å². The number of aryl methyl sites for hydroxylation is 1. The SMILES string of the molecule is Cc1ccc(CCNC(=O)C2CCC(=O)N2)cc1. The molecular weight excluding hydrogens is 228 g/mol. The molecule has 2 N–H and O–H groups in total. The summed E-state index contributed by atoms with van der Waals surface area (Å²) < 4.78 is 0. The summed E-state index contributed by atoms with van der Waals surface area (Å²) in [5.41, 5.74) is 2.44. The van der Waals surface area contributed by atoms with Crippen LogP contribution in [0.4, 0.5) is 0 Å². The van der Waals surface area contributed by atoms with Gasteiger partial charge in [-0.3, -0.25) is 9.59 Å². The van der Waals surface area contributed by atoms with Crippen molar-refractivity contribution in [3.05, 3.63) is 35.4 Å². The zero-order valence-corrected chi connectivity index (χ0v) is 10.5. The van der Waals surface area contributed by atoms with Gasteiger partial charge in [0.1, 0.15) is 6.04 Å². The maximum absolute atomic E-state index is 11.7. The largest absolute Gasteiger partial charge is 0.354 e. The Morgan fingerprint density at radius 3 is 2.72 bits per heavy atom. The highest BCUT2D eigenvalue weighted by Crippen LogP contribution is 2.06. The van der Waals surface area contributed by atoms with Gasteiger partial charge in [-0.1, -0.05) is 29.8 Å². The van der Waals surface area contributed by atoms with E-state index in [9.17, 15) is 9.59 Å². The normalized spacial score (nSPS) is 18.5. The number of rotatable bonds is 4. The molecule has 1 aromatic carbocycles. The van der Waals surface area contributed by atoms with E-state index in [0.29, 0.717) is 19.4 Å². The lowest BCUT2D eigenvalue weighted by molar-refractivity contribution is -0.125. The fourth-order valence-corrected chi connectivity index (χ4v) is 2.02. The third-order valence-corrected chi connectivity index (χ3v) is 3.15. The third-order valence-electron chi connectivity index (χ3n) is 3.15. The number of hydrogen-bond acceptors (Lipinski definition) is 2. The van der Waals surface area contributed by atoms with Crippen LogP contribution in [0.3, 0.4) is 0 Å². The summed E-state index contributed by atoms with van der Waals surface area (Å²) in [5, 5.41) is 5.51. The van der Waals surface area contributed by atoms with Crippen LogP contribution in [0.25, 0.3) is 0 Å². The molecule has 0 saturated carbocycles. The molecule has 1 aromatic rings. The van der Waals surface area contributed by atoms with Crippen LogP contribution in [-0.4, -0.2) is 24.4 Å². The summed E-state index contributed by atoms with van der Waals surface area (Å²) in [6, 6.07) is 7.93. The summed E-state index contributed by atoms with van der Waals surface area (Å²) in [6.45, 7) is 2.66. The van der Waals surface area contributed by atoms with E-state index in [4.69, 9.17) is 0 Å². The average molecular weight is 246 g/mol. The maximum atomic E-state index is 11.7. The predicted molar refractivity (Wildman–Crippen MR) is 69.1 cm³/mol. The number of hydrogen-bond donors (Lipinski definition) is 2. The van der Waals surface area contributed by atoms with Gasteiger partial charge >= 0.3 is 0 Å². The second kappa shape index (κ2) is 5.67. The van der Waals surface area contributed by atoms with E-state index in [2.05, 4.69) is 34.9 Å². The molecule has 18 heavy (non-hydrogen) atoms. The third kappa shape index (κ3) is 3.32. The van der Waals surface area contributed by atoms with Crippen molar-refractivity contribution >= 4 is 11.8 Å². The second-order valence-corrected chi connectivity index (χ2v) is 4.69. The van der Waals surface area contributed by atoms with Crippen molar-refractivity contribution in [2.45, 2.75) is 32.2 Å². The van der Waals surface area contributed by atoms with Crippen LogP contribution in [0.5, 0.6) is 0 Å². The summed E-state index contributed by atoms with van der Waals surface area (Å²) in [5.74, 6) is -0.110. The molecule has 0 radical (unpaired) electrons. The van der Waals surface area contributed by atoms with E-state index in [1.54, 1.807) is 0 Å². The van der Waals surface area contributed by atoms with Gasteiger partial charge in [0.05, 0.1) is 0 Å². The van der Waals surface area contributed by atoms with Crippen LogP contribution in [0.1, 0.15) is 24.0 Å². The monoisotopic (exact) mass is 246 g/mol. The van der Waals surface area contributed by atoms with E-state index < -0.39 is 0 Å². The van der Waals surface area contributed by atoms with Crippen molar-refractivity contribution in [3.63, 3.8) is 0 Å². The lowest BCUT2D eigenvalue weighted by Gasteiger charge is -2.10. The molecule has 4 heteroatoms. The van der Waals surface area contributed by atoms with Crippen LogP contribution in [0.15, 0.2) is 24.3 Å². The lowest BCUT2D eigenvalue weighted by Crippen LogP contribution is -2.42. The first-order chi connectivity index (χ1) is 8.65. The highest BCUT2D eigenvalue weighted by molar-refractivity contribution is 5.90. The molecule has 1 atom stereocenters. The topological polar surface area (TPSA) is 58.2 Å². The molecule has 1 aliphatic heterocycles. The van der Waals surface area contributed by atoms with E-state index in [1.165, 1.54) is 11.1 Å². The standard InChI is InChI=1S/C14H18N2O2/c1-10-2-4-11(5-3-10)8-9-15-14(18)12-6-7-13(17)16-12/h2-5,12H,6-9H2,1H3,(H,15,18)(H,16,17). The van der Waals surface area contributed by atoms with Crippen LogP contribution < -0.4 is 10.6 Å². The maximum Gasteiger partial charge on any atom is 0.242 e. The van der Waals surface area contributed by atoms with E-state index >= 15 is 0 Å². The van der Waals surface area contributed by atoms with Crippen molar-refractivity contribution in [2.75, 3.05) is 6.54 Å². The van der Waals surface area contributed by atoms with Crippen LogP contribution in [0, 0.1) is 6.92 Å². The molecule has 2 amide bonds. The minimum Gasteiger partial charge on any atom is -0.354 e. The van der Waals surface area contributed by atoms with Gasteiger partial charge < -0.3 is 10.6 Å². The molecule has 0 bridgehead atoms. The minimum atomic E-state index is -0.337. The first kappa shape index (κ1) is 12.6. The van der Waals surface area contributed by atoms with Crippen LogP contribution in [0.2, 0.25) is 0 Å². The molecule has 96 valence electrons. The average Bonchev–Trinajstić information content (AvgIpc) is 2.78. The quantitative estimate of drug-likeness (QED) is 0.830. The van der Waals surface area contributed by atoms with Gasteiger partial charge in [0.25, 0.3) is 0 Å². The molecule has 0 aliphatic carbocycles. The van der Waals surface area contributed by atoms with Gasteiger partial charge in [-0.15, -0.1) is 0 Å². The minimum absolute atomic E-state index is 0.0336. The van der Waals surface area contributed by atoms with Gasteiger partial charge in [-0.25, -0.2) is 0 Å².